The second-order valence-electron chi connectivity index (χ2n) is 3.82. The molecule has 0 aromatic carbocycles. The highest BCUT2D eigenvalue weighted by Gasteiger charge is 2.35. The van der Waals surface area contributed by atoms with Gasteiger partial charge in [-0.1, -0.05) is 0 Å². The van der Waals surface area contributed by atoms with Crippen LogP contribution in [0.2, 0.25) is 0 Å². The van der Waals surface area contributed by atoms with Gasteiger partial charge in [0, 0.05) is 12.5 Å². The number of nitrogens with one attached hydrogen (secondary N) is 2. The summed E-state index contributed by atoms with van der Waals surface area (Å²) in [5, 5.41) is 6.18. The van der Waals surface area contributed by atoms with Crippen LogP contribution in [0.4, 0.5) is 4.39 Å². The van der Waals surface area contributed by atoms with Crippen molar-refractivity contribution < 1.29 is 4.39 Å². The number of hydrogen-bond donors (Lipinski definition) is 2. The quantitative estimate of drug-likeness (QED) is 0.662. The van der Waals surface area contributed by atoms with Gasteiger partial charge in [0.15, 0.2) is 0 Å². The van der Waals surface area contributed by atoms with Gasteiger partial charge in [0.25, 0.3) is 0 Å². The van der Waals surface area contributed by atoms with E-state index in [9.17, 15) is 4.39 Å². The smallest absolute Gasteiger partial charge is 0.113 e. The van der Waals surface area contributed by atoms with E-state index in [0.717, 1.165) is 26.1 Å². The Balaban J connectivity index is 2.34. The molecule has 0 aromatic rings. The van der Waals surface area contributed by atoms with Gasteiger partial charge in [-0.15, -0.1) is 0 Å². The molecule has 0 spiro atoms. The molecule has 2 unspecified atom stereocenters. The molecule has 0 radical (unpaired) electrons. The predicted octanol–water partition coefficient (Wildman–Crippen LogP) is 0.934. The monoisotopic (exact) mass is 174 g/mol. The van der Waals surface area contributed by atoms with Crippen LogP contribution < -0.4 is 10.6 Å². The molecule has 12 heavy (non-hydrogen) atoms. The van der Waals surface area contributed by atoms with Gasteiger partial charge >= 0.3 is 0 Å². The SMILES string of the molecule is CNCCC(C)(F)C1CCNC1. The van der Waals surface area contributed by atoms with E-state index >= 15 is 0 Å². The molecule has 1 aliphatic rings. The van der Waals surface area contributed by atoms with E-state index in [-0.39, 0.29) is 5.92 Å². The summed E-state index contributed by atoms with van der Waals surface area (Å²) in [5.41, 5.74) is -0.994. The first-order chi connectivity index (χ1) is 5.67. The van der Waals surface area contributed by atoms with E-state index in [1.54, 1.807) is 6.92 Å². The number of halogens is 1. The van der Waals surface area contributed by atoms with Gasteiger partial charge in [-0.25, -0.2) is 4.39 Å². The van der Waals surface area contributed by atoms with Gasteiger partial charge in [-0.3, -0.25) is 0 Å². The van der Waals surface area contributed by atoms with Crippen molar-refractivity contribution in [2.24, 2.45) is 5.92 Å². The highest BCUT2D eigenvalue weighted by atomic mass is 19.1. The molecule has 1 heterocycles. The van der Waals surface area contributed by atoms with Crippen molar-refractivity contribution in [3.05, 3.63) is 0 Å². The van der Waals surface area contributed by atoms with Crippen LogP contribution in [0, 0.1) is 5.92 Å². The van der Waals surface area contributed by atoms with Gasteiger partial charge in [-0.2, -0.15) is 0 Å². The van der Waals surface area contributed by atoms with Crippen LogP contribution in [-0.2, 0) is 0 Å². The molecular formula is C9H19FN2. The van der Waals surface area contributed by atoms with Crippen molar-refractivity contribution in [1.29, 1.82) is 0 Å². The van der Waals surface area contributed by atoms with Crippen LogP contribution in [0.3, 0.4) is 0 Å². The normalized spacial score (nSPS) is 28.8. The lowest BCUT2D eigenvalue weighted by atomic mass is 9.87. The van der Waals surface area contributed by atoms with E-state index < -0.39 is 5.67 Å². The Morgan fingerprint density at radius 3 is 2.92 bits per heavy atom. The molecule has 0 aliphatic carbocycles. The van der Waals surface area contributed by atoms with E-state index in [0.29, 0.717) is 6.42 Å². The highest BCUT2D eigenvalue weighted by Crippen LogP contribution is 2.29. The first kappa shape index (κ1) is 9.93. The van der Waals surface area contributed by atoms with Gasteiger partial charge in [-0.05, 0) is 39.9 Å². The lowest BCUT2D eigenvalue weighted by Crippen LogP contribution is -2.34. The van der Waals surface area contributed by atoms with Crippen LogP contribution in [0.25, 0.3) is 0 Å². The molecule has 1 aliphatic heterocycles. The first-order valence-electron chi connectivity index (χ1n) is 4.71. The van der Waals surface area contributed by atoms with Gasteiger partial charge in [0.1, 0.15) is 5.67 Å². The summed E-state index contributed by atoms with van der Waals surface area (Å²) in [6.07, 6.45) is 1.60. The number of rotatable bonds is 4. The van der Waals surface area contributed by atoms with Gasteiger partial charge < -0.3 is 10.6 Å². The van der Waals surface area contributed by atoms with E-state index in [2.05, 4.69) is 10.6 Å². The molecule has 2 N–H and O–H groups in total. The Bertz CT molecular complexity index is 130. The van der Waals surface area contributed by atoms with Crippen LogP contribution in [0.1, 0.15) is 19.8 Å². The summed E-state index contributed by atoms with van der Waals surface area (Å²) in [7, 11) is 1.86. The molecule has 1 saturated heterocycles. The number of hydrogen-bond acceptors (Lipinski definition) is 2. The molecule has 0 bridgehead atoms. The van der Waals surface area contributed by atoms with Crippen molar-refractivity contribution in [3.8, 4) is 0 Å². The zero-order chi connectivity index (χ0) is 9.03. The zero-order valence-electron chi connectivity index (χ0n) is 7.99. The molecule has 2 nitrogen and oxygen atoms in total. The molecular weight excluding hydrogens is 155 g/mol. The van der Waals surface area contributed by atoms with Crippen molar-refractivity contribution in [2.75, 3.05) is 26.7 Å². The summed E-state index contributed by atoms with van der Waals surface area (Å²) >= 11 is 0. The van der Waals surface area contributed by atoms with E-state index in [4.69, 9.17) is 0 Å². The molecule has 0 saturated carbocycles. The molecule has 3 heteroatoms. The maximum atomic E-state index is 13.9. The molecule has 2 atom stereocenters. The second kappa shape index (κ2) is 4.19. The summed E-state index contributed by atoms with van der Waals surface area (Å²) < 4.78 is 13.9. The van der Waals surface area contributed by atoms with Crippen LogP contribution in [0.5, 0.6) is 0 Å². The fraction of sp³-hybridized carbons (Fsp3) is 1.00. The maximum absolute atomic E-state index is 13.9. The minimum atomic E-state index is -0.994. The molecule has 1 rings (SSSR count). The van der Waals surface area contributed by atoms with Gasteiger partial charge in [0.05, 0.1) is 0 Å². The third kappa shape index (κ3) is 2.42. The zero-order valence-corrected chi connectivity index (χ0v) is 7.99. The molecule has 0 amide bonds. The van der Waals surface area contributed by atoms with Crippen LogP contribution in [-0.4, -0.2) is 32.4 Å². The third-order valence-electron chi connectivity index (χ3n) is 2.78. The summed E-state index contributed by atoms with van der Waals surface area (Å²) in [6, 6.07) is 0. The Kier molecular flexibility index (Phi) is 3.47. The standard InChI is InChI=1S/C9H19FN2/c1-9(10,4-6-11-2)8-3-5-12-7-8/h8,11-12H,3-7H2,1-2H3. The fourth-order valence-corrected chi connectivity index (χ4v) is 1.74. The third-order valence-corrected chi connectivity index (χ3v) is 2.78. The molecule has 0 aromatic heterocycles. The Hall–Kier alpha value is -0.150. The Morgan fingerprint density at radius 1 is 1.67 bits per heavy atom. The largest absolute Gasteiger partial charge is 0.320 e. The average molecular weight is 174 g/mol. The van der Waals surface area contributed by atoms with Gasteiger partial charge in [0.2, 0.25) is 0 Å². The summed E-state index contributed by atoms with van der Waals surface area (Å²) in [5.74, 6) is 0.214. The molecule has 1 fully saturated rings. The molecule has 72 valence electrons. The maximum Gasteiger partial charge on any atom is 0.113 e. The minimum Gasteiger partial charge on any atom is -0.320 e. The minimum absolute atomic E-state index is 0.214. The highest BCUT2D eigenvalue weighted by molar-refractivity contribution is 4.88. The van der Waals surface area contributed by atoms with Crippen molar-refractivity contribution in [2.45, 2.75) is 25.4 Å². The van der Waals surface area contributed by atoms with Crippen molar-refractivity contribution in [3.63, 3.8) is 0 Å². The Labute approximate surface area is 73.9 Å². The van der Waals surface area contributed by atoms with Crippen LogP contribution in [0.15, 0.2) is 0 Å². The Morgan fingerprint density at radius 2 is 2.42 bits per heavy atom. The van der Waals surface area contributed by atoms with E-state index in [1.165, 1.54) is 0 Å². The first-order valence-corrected chi connectivity index (χ1v) is 4.71. The lowest BCUT2D eigenvalue weighted by Gasteiger charge is -2.26. The topological polar surface area (TPSA) is 24.1 Å². The second-order valence-corrected chi connectivity index (χ2v) is 3.82. The predicted molar refractivity (Wildman–Crippen MR) is 49.0 cm³/mol. The average Bonchev–Trinajstić information content (AvgIpc) is 2.53. The van der Waals surface area contributed by atoms with E-state index in [1.807, 2.05) is 7.05 Å². The summed E-state index contributed by atoms with van der Waals surface area (Å²) in [6.45, 7) is 4.31. The fourth-order valence-electron chi connectivity index (χ4n) is 1.74. The van der Waals surface area contributed by atoms with Crippen molar-refractivity contribution >= 4 is 0 Å². The van der Waals surface area contributed by atoms with Crippen molar-refractivity contribution in [1.82, 2.24) is 10.6 Å². The summed E-state index contributed by atoms with van der Waals surface area (Å²) in [4.78, 5) is 0. The lowest BCUT2D eigenvalue weighted by molar-refractivity contribution is 0.103. The van der Waals surface area contributed by atoms with Crippen LogP contribution >= 0.6 is 0 Å². The number of alkyl halides is 1.